The number of nitrogens with zero attached hydrogens (tertiary/aromatic N) is 2. The standard InChI is InChI=1S/C18H24N4O/c1-11-5-15-16(6-12(11)2)21-17(20-15)8-19-18(23)10-22-9-13-3-4-14(22)7-13/h5-6,13-14H,3-4,7-10H2,1-2H3,(H,19,23)(H,20,21)/t13-,14+/m0/s1. The van der Waals surface area contributed by atoms with Crippen LogP contribution in [0.25, 0.3) is 11.0 Å². The van der Waals surface area contributed by atoms with Gasteiger partial charge in [0.05, 0.1) is 24.1 Å². The van der Waals surface area contributed by atoms with Crippen LogP contribution in [0.15, 0.2) is 12.1 Å². The first-order valence-corrected chi connectivity index (χ1v) is 8.55. The van der Waals surface area contributed by atoms with Gasteiger partial charge in [-0.25, -0.2) is 4.98 Å². The molecule has 1 aromatic carbocycles. The molecule has 2 atom stereocenters. The number of nitrogens with one attached hydrogen (secondary N) is 2. The molecule has 1 saturated carbocycles. The van der Waals surface area contributed by atoms with Crippen LogP contribution in [-0.4, -0.2) is 39.9 Å². The lowest BCUT2D eigenvalue weighted by molar-refractivity contribution is -0.122. The van der Waals surface area contributed by atoms with E-state index in [2.05, 4.69) is 46.2 Å². The summed E-state index contributed by atoms with van der Waals surface area (Å²) in [7, 11) is 0. The third kappa shape index (κ3) is 2.85. The lowest BCUT2D eigenvalue weighted by Crippen LogP contribution is -2.41. The van der Waals surface area contributed by atoms with Crippen LogP contribution < -0.4 is 5.32 Å². The normalized spacial score (nSPS) is 23.7. The quantitative estimate of drug-likeness (QED) is 0.910. The van der Waals surface area contributed by atoms with Gasteiger partial charge < -0.3 is 10.3 Å². The van der Waals surface area contributed by atoms with Gasteiger partial charge in [-0.1, -0.05) is 0 Å². The first-order chi connectivity index (χ1) is 11.1. The second-order valence-electron chi connectivity index (χ2n) is 7.18. The molecule has 1 aliphatic carbocycles. The molecule has 1 aliphatic heterocycles. The van der Waals surface area contributed by atoms with Crippen molar-refractivity contribution in [3.05, 3.63) is 29.1 Å². The number of aromatic amines is 1. The summed E-state index contributed by atoms with van der Waals surface area (Å²) in [6.07, 6.45) is 3.90. The van der Waals surface area contributed by atoms with Crippen molar-refractivity contribution in [2.24, 2.45) is 5.92 Å². The summed E-state index contributed by atoms with van der Waals surface area (Å²) >= 11 is 0. The SMILES string of the molecule is Cc1cc2nc(CNC(=O)CN3C[C@H]4CC[C@@H]3C4)[nH]c2cc1C. The molecule has 0 spiro atoms. The number of hydrogen-bond donors (Lipinski definition) is 2. The van der Waals surface area contributed by atoms with Crippen molar-refractivity contribution in [3.8, 4) is 0 Å². The Hall–Kier alpha value is -1.88. The number of likely N-dealkylation sites (tertiary alicyclic amines) is 1. The van der Waals surface area contributed by atoms with Crippen molar-refractivity contribution >= 4 is 16.9 Å². The zero-order valence-electron chi connectivity index (χ0n) is 13.9. The van der Waals surface area contributed by atoms with Crippen molar-refractivity contribution in [2.75, 3.05) is 13.1 Å². The Kier molecular flexibility index (Phi) is 3.60. The van der Waals surface area contributed by atoms with E-state index in [1.54, 1.807) is 0 Å². The van der Waals surface area contributed by atoms with Gasteiger partial charge >= 0.3 is 0 Å². The third-order valence-electron chi connectivity index (χ3n) is 5.47. The topological polar surface area (TPSA) is 61.0 Å². The Labute approximate surface area is 136 Å². The number of fused-ring (bicyclic) bond motifs is 3. The summed E-state index contributed by atoms with van der Waals surface area (Å²) in [6.45, 7) is 6.28. The fourth-order valence-electron chi connectivity index (χ4n) is 4.05. The molecule has 122 valence electrons. The second-order valence-corrected chi connectivity index (χ2v) is 7.18. The predicted molar refractivity (Wildman–Crippen MR) is 90.1 cm³/mol. The molecule has 1 saturated heterocycles. The van der Waals surface area contributed by atoms with Crippen LogP contribution in [0.2, 0.25) is 0 Å². The van der Waals surface area contributed by atoms with Crippen LogP contribution >= 0.6 is 0 Å². The highest BCUT2D eigenvalue weighted by Crippen LogP contribution is 2.36. The van der Waals surface area contributed by atoms with Crippen molar-refractivity contribution in [3.63, 3.8) is 0 Å². The van der Waals surface area contributed by atoms with Gasteiger partial charge in [0, 0.05) is 12.6 Å². The highest BCUT2D eigenvalue weighted by Gasteiger charge is 2.38. The van der Waals surface area contributed by atoms with E-state index in [0.717, 1.165) is 29.3 Å². The average Bonchev–Trinajstić information content (AvgIpc) is 3.21. The van der Waals surface area contributed by atoms with Crippen LogP contribution in [-0.2, 0) is 11.3 Å². The Morgan fingerprint density at radius 3 is 2.91 bits per heavy atom. The van der Waals surface area contributed by atoms with Gasteiger partial charge in [-0.3, -0.25) is 9.69 Å². The fourth-order valence-corrected chi connectivity index (χ4v) is 4.05. The number of imidazole rings is 1. The van der Waals surface area contributed by atoms with Gasteiger partial charge in [-0.05, 0) is 62.3 Å². The maximum absolute atomic E-state index is 12.2. The van der Waals surface area contributed by atoms with E-state index in [1.165, 1.54) is 30.4 Å². The summed E-state index contributed by atoms with van der Waals surface area (Å²) in [5, 5.41) is 3.00. The van der Waals surface area contributed by atoms with E-state index in [-0.39, 0.29) is 5.91 Å². The Bertz CT molecular complexity index is 712. The molecular formula is C18H24N4O. The van der Waals surface area contributed by atoms with Crippen molar-refractivity contribution in [1.29, 1.82) is 0 Å². The van der Waals surface area contributed by atoms with Crippen LogP contribution in [0.3, 0.4) is 0 Å². The Balaban J connectivity index is 1.36. The monoisotopic (exact) mass is 312 g/mol. The Morgan fingerprint density at radius 2 is 2.17 bits per heavy atom. The van der Waals surface area contributed by atoms with Crippen LogP contribution in [0.5, 0.6) is 0 Å². The van der Waals surface area contributed by atoms with Gasteiger partial charge in [0.1, 0.15) is 5.82 Å². The summed E-state index contributed by atoms with van der Waals surface area (Å²) in [6, 6.07) is 4.85. The number of benzene rings is 1. The number of aromatic nitrogens is 2. The Morgan fingerprint density at radius 1 is 1.35 bits per heavy atom. The highest BCUT2D eigenvalue weighted by molar-refractivity contribution is 5.79. The maximum Gasteiger partial charge on any atom is 0.234 e. The van der Waals surface area contributed by atoms with Crippen LogP contribution in [0, 0.1) is 19.8 Å². The van der Waals surface area contributed by atoms with Gasteiger partial charge in [-0.15, -0.1) is 0 Å². The number of aryl methyl sites for hydroxylation is 2. The number of piperidine rings is 1. The molecule has 2 aliphatic rings. The van der Waals surface area contributed by atoms with E-state index in [1.807, 2.05) is 0 Å². The fraction of sp³-hybridized carbons (Fsp3) is 0.556. The summed E-state index contributed by atoms with van der Waals surface area (Å²) in [5.74, 6) is 1.75. The molecule has 0 unspecified atom stereocenters. The molecule has 0 radical (unpaired) electrons. The molecule has 5 heteroatoms. The summed E-state index contributed by atoms with van der Waals surface area (Å²) in [4.78, 5) is 22.4. The minimum absolute atomic E-state index is 0.102. The molecular weight excluding hydrogens is 288 g/mol. The predicted octanol–water partition coefficient (Wildman–Crippen LogP) is 2.28. The van der Waals surface area contributed by atoms with Gasteiger partial charge in [0.15, 0.2) is 0 Å². The molecule has 1 aromatic heterocycles. The molecule has 5 nitrogen and oxygen atoms in total. The molecule has 2 aromatic rings. The van der Waals surface area contributed by atoms with E-state index in [0.29, 0.717) is 19.1 Å². The minimum atomic E-state index is 0.102. The zero-order valence-corrected chi connectivity index (χ0v) is 13.9. The van der Waals surface area contributed by atoms with E-state index >= 15 is 0 Å². The van der Waals surface area contributed by atoms with E-state index < -0.39 is 0 Å². The molecule has 2 fully saturated rings. The van der Waals surface area contributed by atoms with Crippen molar-refractivity contribution < 1.29 is 4.79 Å². The van der Waals surface area contributed by atoms with Gasteiger partial charge in [-0.2, -0.15) is 0 Å². The van der Waals surface area contributed by atoms with E-state index in [4.69, 9.17) is 0 Å². The van der Waals surface area contributed by atoms with Gasteiger partial charge in [0.25, 0.3) is 0 Å². The zero-order chi connectivity index (χ0) is 16.0. The van der Waals surface area contributed by atoms with Crippen LogP contribution in [0.1, 0.15) is 36.2 Å². The number of carbonyl (C=O) groups excluding carboxylic acids is 1. The van der Waals surface area contributed by atoms with E-state index in [9.17, 15) is 4.79 Å². The first kappa shape index (κ1) is 14.7. The molecule has 23 heavy (non-hydrogen) atoms. The summed E-state index contributed by atoms with van der Waals surface area (Å²) in [5.41, 5.74) is 4.49. The maximum atomic E-state index is 12.2. The smallest absolute Gasteiger partial charge is 0.234 e. The molecule has 2 bridgehead atoms. The number of amides is 1. The number of carbonyl (C=O) groups is 1. The number of H-pyrrole nitrogens is 1. The molecule has 2 N–H and O–H groups in total. The largest absolute Gasteiger partial charge is 0.348 e. The van der Waals surface area contributed by atoms with Gasteiger partial charge in [0.2, 0.25) is 5.91 Å². The highest BCUT2D eigenvalue weighted by atomic mass is 16.2. The summed E-state index contributed by atoms with van der Waals surface area (Å²) < 4.78 is 0. The third-order valence-corrected chi connectivity index (χ3v) is 5.47. The van der Waals surface area contributed by atoms with Crippen LogP contribution in [0.4, 0.5) is 0 Å². The minimum Gasteiger partial charge on any atom is -0.348 e. The molecule has 4 rings (SSSR count). The number of hydrogen-bond acceptors (Lipinski definition) is 3. The lowest BCUT2D eigenvalue weighted by atomic mass is 10.1. The second kappa shape index (κ2) is 5.64. The first-order valence-electron chi connectivity index (χ1n) is 8.55. The van der Waals surface area contributed by atoms with Crippen molar-refractivity contribution in [1.82, 2.24) is 20.2 Å². The lowest BCUT2D eigenvalue weighted by Gasteiger charge is -2.25. The molecule has 1 amide bonds. The average molecular weight is 312 g/mol. The number of rotatable bonds is 4. The molecule has 2 heterocycles. The van der Waals surface area contributed by atoms with Crippen molar-refractivity contribution in [2.45, 2.75) is 45.7 Å².